The number of hydrogen-bond donors (Lipinski definition) is 0. The van der Waals surface area contributed by atoms with Crippen molar-refractivity contribution >= 4 is 5.57 Å². The molecule has 1 aromatic rings. The van der Waals surface area contributed by atoms with Crippen molar-refractivity contribution in [2.24, 2.45) is 0 Å². The average Bonchev–Trinajstić information content (AvgIpc) is 2.06. The van der Waals surface area contributed by atoms with Crippen LogP contribution in [-0.4, -0.2) is 0 Å². The third-order valence-electron chi connectivity index (χ3n) is 1.82. The van der Waals surface area contributed by atoms with Gasteiger partial charge in [-0.3, -0.25) is 0 Å². The van der Waals surface area contributed by atoms with E-state index in [1.54, 1.807) is 0 Å². The monoisotopic (exact) mass is 140 g/mol. The van der Waals surface area contributed by atoms with Crippen molar-refractivity contribution in [1.29, 1.82) is 0 Å². The molecule has 0 saturated carbocycles. The lowest BCUT2D eigenvalue weighted by Gasteiger charge is -2.17. The summed E-state index contributed by atoms with van der Waals surface area (Å²) in [6, 6.07) is 8.11. The molecule has 0 aliphatic heterocycles. The van der Waals surface area contributed by atoms with Gasteiger partial charge in [-0.1, -0.05) is 17.7 Å². The predicted octanol–water partition coefficient (Wildman–Crippen LogP) is 2.63. The lowest BCUT2D eigenvalue weighted by molar-refractivity contribution is 1.44. The molecular weight excluding hydrogens is 132 g/mol. The SMILES string of the molecule is [CH+]=C1C=C[CH-]c2ccccc21. The Kier molecular flexibility index (Phi) is 1.28. The third-order valence-corrected chi connectivity index (χ3v) is 1.82. The van der Waals surface area contributed by atoms with Crippen LogP contribution >= 0.6 is 0 Å². The smallest absolute Gasteiger partial charge is 0.00126 e. The maximum atomic E-state index is 5.76. The van der Waals surface area contributed by atoms with Crippen molar-refractivity contribution in [3.05, 3.63) is 60.5 Å². The molecule has 0 nitrogen and oxygen atoms in total. The van der Waals surface area contributed by atoms with E-state index in [0.29, 0.717) is 0 Å². The minimum absolute atomic E-state index is 0.850. The van der Waals surface area contributed by atoms with E-state index < -0.39 is 0 Å². The van der Waals surface area contributed by atoms with Gasteiger partial charge in [0, 0.05) is 5.57 Å². The molecule has 0 unspecified atom stereocenters. The average molecular weight is 140 g/mol. The topological polar surface area (TPSA) is 0 Å². The molecule has 1 aliphatic carbocycles. The first-order chi connectivity index (χ1) is 5.38. The highest BCUT2D eigenvalue weighted by Gasteiger charge is 1.99. The first-order valence-corrected chi connectivity index (χ1v) is 3.61. The molecule has 0 heteroatoms. The van der Waals surface area contributed by atoms with Crippen molar-refractivity contribution in [2.45, 2.75) is 0 Å². The van der Waals surface area contributed by atoms with E-state index in [0.717, 1.165) is 11.1 Å². The number of benzene rings is 1. The van der Waals surface area contributed by atoms with E-state index in [9.17, 15) is 0 Å². The molecule has 1 aromatic carbocycles. The van der Waals surface area contributed by atoms with Gasteiger partial charge in [-0.2, -0.15) is 0 Å². The Hall–Kier alpha value is -1.52. The lowest BCUT2D eigenvalue weighted by atomic mass is 9.94. The maximum absolute atomic E-state index is 5.76. The van der Waals surface area contributed by atoms with Crippen LogP contribution in [0.15, 0.2) is 36.4 Å². The Morgan fingerprint density at radius 1 is 1.18 bits per heavy atom. The summed E-state index contributed by atoms with van der Waals surface area (Å²) in [6.45, 7) is 5.76. The largest absolute Gasteiger partial charge is 0.144 e. The summed E-state index contributed by atoms with van der Waals surface area (Å²) in [6.07, 6.45) is 5.95. The maximum Gasteiger partial charge on any atom is 0.00126 e. The zero-order valence-corrected chi connectivity index (χ0v) is 6.12. The van der Waals surface area contributed by atoms with Gasteiger partial charge in [0.2, 0.25) is 0 Å². The second-order valence-corrected chi connectivity index (χ2v) is 2.57. The Morgan fingerprint density at radius 3 is 2.82 bits per heavy atom. The molecule has 0 N–H and O–H groups in total. The number of hydrogen-bond acceptors (Lipinski definition) is 0. The summed E-state index contributed by atoms with van der Waals surface area (Å²) in [7, 11) is 0. The van der Waals surface area contributed by atoms with Gasteiger partial charge in [0.15, 0.2) is 0 Å². The van der Waals surface area contributed by atoms with Crippen LogP contribution in [0.3, 0.4) is 0 Å². The van der Waals surface area contributed by atoms with Crippen LogP contribution in [0.1, 0.15) is 11.1 Å². The molecule has 0 fully saturated rings. The molecule has 0 atom stereocenters. The molecule has 0 heterocycles. The summed E-state index contributed by atoms with van der Waals surface area (Å²) < 4.78 is 0. The molecule has 0 bridgehead atoms. The van der Waals surface area contributed by atoms with E-state index in [4.69, 9.17) is 6.58 Å². The van der Waals surface area contributed by atoms with Gasteiger partial charge in [-0.05, 0) is 6.58 Å². The Balaban J connectivity index is 2.59. The molecule has 0 amide bonds. The summed E-state index contributed by atoms with van der Waals surface area (Å²) in [5, 5.41) is 0. The fourth-order valence-corrected chi connectivity index (χ4v) is 1.25. The van der Waals surface area contributed by atoms with Crippen molar-refractivity contribution < 1.29 is 0 Å². The highest BCUT2D eigenvalue weighted by atomic mass is 14.1. The highest BCUT2D eigenvalue weighted by molar-refractivity contribution is 5.77. The molecule has 0 saturated heterocycles. The van der Waals surface area contributed by atoms with E-state index in [1.807, 2.05) is 30.4 Å². The predicted molar refractivity (Wildman–Crippen MR) is 46.7 cm³/mol. The van der Waals surface area contributed by atoms with Crippen LogP contribution in [0.5, 0.6) is 0 Å². The van der Waals surface area contributed by atoms with Crippen molar-refractivity contribution in [3.8, 4) is 0 Å². The summed E-state index contributed by atoms with van der Waals surface area (Å²) in [5.74, 6) is 0. The van der Waals surface area contributed by atoms with Crippen LogP contribution in [-0.2, 0) is 0 Å². The van der Waals surface area contributed by atoms with E-state index in [2.05, 4.69) is 12.5 Å². The first kappa shape index (κ1) is 6.21. The van der Waals surface area contributed by atoms with Gasteiger partial charge in [-0.15, -0.1) is 36.3 Å². The number of fused-ring (bicyclic) bond motifs is 1. The minimum Gasteiger partial charge on any atom is -0.144 e. The standard InChI is InChI=1S/C11H8/c1-9-5-4-7-10-6-2-3-8-11(9)10/h1-8H. The number of rotatable bonds is 0. The number of allylic oxidation sites excluding steroid dienone is 3. The van der Waals surface area contributed by atoms with Crippen molar-refractivity contribution in [3.63, 3.8) is 0 Å². The minimum atomic E-state index is 0.850. The zero-order chi connectivity index (χ0) is 7.68. The Bertz CT molecular complexity index is 319. The Labute approximate surface area is 66.9 Å². The normalized spacial score (nSPS) is 13.9. The molecule has 0 radical (unpaired) electrons. The van der Waals surface area contributed by atoms with Gasteiger partial charge >= 0.3 is 0 Å². The summed E-state index contributed by atoms with van der Waals surface area (Å²) >= 11 is 0. The fraction of sp³-hybridized carbons (Fsp3) is 0. The van der Waals surface area contributed by atoms with Crippen LogP contribution in [0.4, 0.5) is 0 Å². The van der Waals surface area contributed by atoms with Crippen LogP contribution < -0.4 is 0 Å². The van der Waals surface area contributed by atoms with Crippen LogP contribution in [0.25, 0.3) is 5.57 Å². The first-order valence-electron chi connectivity index (χ1n) is 3.61. The van der Waals surface area contributed by atoms with E-state index in [-0.39, 0.29) is 0 Å². The van der Waals surface area contributed by atoms with Crippen molar-refractivity contribution in [1.82, 2.24) is 0 Å². The Morgan fingerprint density at radius 2 is 2.00 bits per heavy atom. The summed E-state index contributed by atoms with van der Waals surface area (Å²) in [5.41, 5.74) is 3.19. The quantitative estimate of drug-likeness (QED) is 0.486. The van der Waals surface area contributed by atoms with E-state index >= 15 is 0 Å². The molecule has 0 spiro atoms. The van der Waals surface area contributed by atoms with Crippen LogP contribution in [0, 0.1) is 13.0 Å². The third kappa shape index (κ3) is 0.938. The highest BCUT2D eigenvalue weighted by Crippen LogP contribution is 2.24. The molecule has 1 aliphatic rings. The van der Waals surface area contributed by atoms with Crippen molar-refractivity contribution in [2.75, 3.05) is 0 Å². The second kappa shape index (κ2) is 2.26. The molecule has 0 aromatic heterocycles. The van der Waals surface area contributed by atoms with Gasteiger partial charge in [-0.25, -0.2) is 0 Å². The summed E-state index contributed by atoms with van der Waals surface area (Å²) in [4.78, 5) is 0. The zero-order valence-electron chi connectivity index (χ0n) is 6.12. The van der Waals surface area contributed by atoms with Crippen LogP contribution in [0.2, 0.25) is 0 Å². The lowest BCUT2D eigenvalue weighted by Crippen LogP contribution is -1.92. The molecule has 2 rings (SSSR count). The van der Waals surface area contributed by atoms with Gasteiger partial charge in [0.25, 0.3) is 0 Å². The fourth-order valence-electron chi connectivity index (χ4n) is 1.25. The second-order valence-electron chi connectivity index (χ2n) is 2.57. The van der Waals surface area contributed by atoms with Gasteiger partial charge in [0.1, 0.15) is 0 Å². The van der Waals surface area contributed by atoms with Gasteiger partial charge in [0.05, 0.1) is 0 Å². The molecule has 52 valence electrons. The van der Waals surface area contributed by atoms with Gasteiger partial charge < -0.3 is 0 Å². The van der Waals surface area contributed by atoms with E-state index in [1.165, 1.54) is 5.56 Å². The molecular formula is C11H8. The molecule has 11 heavy (non-hydrogen) atoms.